The second kappa shape index (κ2) is 4.93. The average Bonchev–Trinajstić information content (AvgIpc) is 2.38. The highest BCUT2D eigenvalue weighted by Crippen LogP contribution is 2.21. The molecule has 19 heavy (non-hydrogen) atoms. The highest BCUT2D eigenvalue weighted by molar-refractivity contribution is 6.11. The normalized spacial score (nSPS) is 10.2. The maximum absolute atomic E-state index is 12.2. The first-order chi connectivity index (χ1) is 9.02. The summed E-state index contributed by atoms with van der Waals surface area (Å²) in [5, 5.41) is 0. The molecule has 2 rings (SSSR count). The van der Waals surface area contributed by atoms with E-state index in [1.54, 1.807) is 25.3 Å². The van der Waals surface area contributed by atoms with Crippen LogP contribution in [0.25, 0.3) is 0 Å². The third-order valence-corrected chi connectivity index (χ3v) is 2.74. The topological polar surface area (TPSA) is 98.1 Å². The third kappa shape index (κ3) is 2.47. The lowest BCUT2D eigenvalue weighted by Gasteiger charge is -2.07. The number of nitrogens with one attached hydrogen (secondary N) is 1. The summed E-state index contributed by atoms with van der Waals surface area (Å²) in [4.78, 5) is 29.0. The molecule has 0 saturated heterocycles. The lowest BCUT2D eigenvalue weighted by atomic mass is 10.0. The van der Waals surface area contributed by atoms with Crippen LogP contribution in [0.4, 0.5) is 5.82 Å². The first kappa shape index (κ1) is 12.8. The van der Waals surface area contributed by atoms with Gasteiger partial charge in [0.05, 0.1) is 12.7 Å². The standard InChI is InChI=1S/C13H13N3O3/c1-7-5-8(3-4-10(7)19-2)11(17)9-6-15-13(18)16-12(9)14/h3-6H,1-2H3,(H3,14,15,16,18). The molecule has 0 spiro atoms. The number of aromatic nitrogens is 2. The predicted molar refractivity (Wildman–Crippen MR) is 70.4 cm³/mol. The van der Waals surface area contributed by atoms with Gasteiger partial charge in [0.2, 0.25) is 0 Å². The van der Waals surface area contributed by atoms with Gasteiger partial charge < -0.3 is 10.5 Å². The number of ketones is 1. The molecule has 6 heteroatoms. The average molecular weight is 259 g/mol. The zero-order chi connectivity index (χ0) is 14.0. The number of carbonyl (C=O) groups is 1. The van der Waals surface area contributed by atoms with Crippen molar-refractivity contribution in [2.45, 2.75) is 6.92 Å². The van der Waals surface area contributed by atoms with Crippen molar-refractivity contribution in [1.29, 1.82) is 0 Å². The Balaban J connectivity index is 2.44. The number of hydrogen-bond acceptors (Lipinski definition) is 5. The zero-order valence-corrected chi connectivity index (χ0v) is 10.6. The number of aryl methyl sites for hydroxylation is 1. The maximum atomic E-state index is 12.2. The van der Waals surface area contributed by atoms with E-state index in [1.165, 1.54) is 6.20 Å². The van der Waals surface area contributed by atoms with Gasteiger partial charge in [-0.25, -0.2) is 9.78 Å². The number of aromatic amines is 1. The zero-order valence-electron chi connectivity index (χ0n) is 10.6. The van der Waals surface area contributed by atoms with Crippen molar-refractivity contribution in [3.8, 4) is 5.75 Å². The van der Waals surface area contributed by atoms with Crippen LogP contribution in [-0.2, 0) is 0 Å². The summed E-state index contributed by atoms with van der Waals surface area (Å²) in [6, 6.07) is 5.04. The molecular formula is C13H13N3O3. The summed E-state index contributed by atoms with van der Waals surface area (Å²) < 4.78 is 5.13. The molecule has 0 bridgehead atoms. The van der Waals surface area contributed by atoms with Crippen molar-refractivity contribution in [3.63, 3.8) is 0 Å². The van der Waals surface area contributed by atoms with Gasteiger partial charge in [0.15, 0.2) is 5.78 Å². The Morgan fingerprint density at radius 3 is 2.74 bits per heavy atom. The Bertz CT molecular complexity index is 692. The highest BCUT2D eigenvalue weighted by Gasteiger charge is 2.14. The molecule has 0 aliphatic carbocycles. The number of nitrogen functional groups attached to an aromatic ring is 1. The number of rotatable bonds is 3. The van der Waals surface area contributed by atoms with E-state index in [1.807, 2.05) is 6.92 Å². The van der Waals surface area contributed by atoms with Crippen LogP contribution in [0.5, 0.6) is 5.75 Å². The minimum absolute atomic E-state index is 0.0125. The van der Waals surface area contributed by atoms with E-state index in [0.717, 1.165) is 5.56 Å². The van der Waals surface area contributed by atoms with Crippen LogP contribution in [0.1, 0.15) is 21.5 Å². The van der Waals surface area contributed by atoms with Crippen LogP contribution >= 0.6 is 0 Å². The van der Waals surface area contributed by atoms with Crippen LogP contribution in [0.15, 0.2) is 29.2 Å². The first-order valence-corrected chi connectivity index (χ1v) is 5.57. The number of anilines is 1. The van der Waals surface area contributed by atoms with Gasteiger partial charge in [0, 0.05) is 11.8 Å². The van der Waals surface area contributed by atoms with E-state index >= 15 is 0 Å². The van der Waals surface area contributed by atoms with Crippen LogP contribution < -0.4 is 16.2 Å². The van der Waals surface area contributed by atoms with Gasteiger partial charge in [0.25, 0.3) is 0 Å². The van der Waals surface area contributed by atoms with Crippen LogP contribution in [0, 0.1) is 6.92 Å². The minimum atomic E-state index is -0.583. The number of methoxy groups -OCH3 is 1. The van der Waals surface area contributed by atoms with E-state index in [9.17, 15) is 9.59 Å². The Labute approximate surface area is 109 Å². The van der Waals surface area contributed by atoms with E-state index in [4.69, 9.17) is 10.5 Å². The lowest BCUT2D eigenvalue weighted by molar-refractivity contribution is 0.103. The Morgan fingerprint density at radius 1 is 1.42 bits per heavy atom. The van der Waals surface area contributed by atoms with Crippen LogP contribution in [0.3, 0.4) is 0 Å². The summed E-state index contributed by atoms with van der Waals surface area (Å²) in [6.45, 7) is 1.84. The first-order valence-electron chi connectivity index (χ1n) is 5.57. The molecule has 0 saturated carbocycles. The second-order valence-corrected chi connectivity index (χ2v) is 4.03. The van der Waals surface area contributed by atoms with Crippen molar-refractivity contribution in [2.24, 2.45) is 0 Å². The Morgan fingerprint density at radius 2 is 2.16 bits per heavy atom. The quantitative estimate of drug-likeness (QED) is 0.798. The summed E-state index contributed by atoms with van der Waals surface area (Å²) in [6.07, 6.45) is 1.18. The van der Waals surface area contributed by atoms with Gasteiger partial charge in [-0.1, -0.05) is 0 Å². The predicted octanol–water partition coefficient (Wildman–Crippen LogP) is 0.900. The molecule has 0 aliphatic rings. The van der Waals surface area contributed by atoms with Gasteiger partial charge in [-0.3, -0.25) is 9.78 Å². The molecule has 0 aliphatic heterocycles. The van der Waals surface area contributed by atoms with Crippen molar-refractivity contribution in [3.05, 3.63) is 51.6 Å². The molecule has 3 N–H and O–H groups in total. The summed E-state index contributed by atoms with van der Waals surface area (Å²) in [5.74, 6) is 0.412. The molecule has 2 aromatic rings. The summed E-state index contributed by atoms with van der Waals surface area (Å²) in [7, 11) is 1.56. The molecule has 0 fully saturated rings. The number of H-pyrrole nitrogens is 1. The number of benzene rings is 1. The smallest absolute Gasteiger partial charge is 0.346 e. The molecule has 6 nitrogen and oxygen atoms in total. The van der Waals surface area contributed by atoms with Crippen molar-refractivity contribution in [1.82, 2.24) is 9.97 Å². The van der Waals surface area contributed by atoms with Crippen LogP contribution in [0.2, 0.25) is 0 Å². The van der Waals surface area contributed by atoms with Gasteiger partial charge in [-0.15, -0.1) is 0 Å². The molecule has 0 radical (unpaired) electrons. The third-order valence-electron chi connectivity index (χ3n) is 2.74. The number of nitrogens with zero attached hydrogens (tertiary/aromatic N) is 1. The fraction of sp³-hybridized carbons (Fsp3) is 0.154. The molecular weight excluding hydrogens is 246 g/mol. The van der Waals surface area contributed by atoms with Gasteiger partial charge in [0.1, 0.15) is 11.6 Å². The molecule has 1 aromatic carbocycles. The van der Waals surface area contributed by atoms with Gasteiger partial charge >= 0.3 is 5.69 Å². The van der Waals surface area contributed by atoms with Crippen molar-refractivity contribution in [2.75, 3.05) is 12.8 Å². The fourth-order valence-electron chi connectivity index (χ4n) is 1.76. The van der Waals surface area contributed by atoms with Crippen LogP contribution in [-0.4, -0.2) is 22.9 Å². The number of carbonyl (C=O) groups excluding carboxylic acids is 1. The summed E-state index contributed by atoms with van der Waals surface area (Å²) >= 11 is 0. The van der Waals surface area contributed by atoms with Gasteiger partial charge in [-0.2, -0.15) is 0 Å². The molecule has 0 unspecified atom stereocenters. The van der Waals surface area contributed by atoms with E-state index < -0.39 is 5.69 Å². The van der Waals surface area contributed by atoms with Gasteiger partial charge in [-0.05, 0) is 30.7 Å². The largest absolute Gasteiger partial charge is 0.496 e. The lowest BCUT2D eigenvalue weighted by Crippen LogP contribution is -2.17. The monoisotopic (exact) mass is 259 g/mol. The minimum Gasteiger partial charge on any atom is -0.496 e. The van der Waals surface area contributed by atoms with E-state index in [2.05, 4.69) is 9.97 Å². The molecule has 98 valence electrons. The van der Waals surface area contributed by atoms with E-state index in [0.29, 0.717) is 11.3 Å². The fourth-order valence-corrected chi connectivity index (χ4v) is 1.76. The number of hydrogen-bond donors (Lipinski definition) is 2. The molecule has 1 aromatic heterocycles. The SMILES string of the molecule is COc1ccc(C(=O)c2cnc(=O)[nH]c2N)cc1C. The van der Waals surface area contributed by atoms with E-state index in [-0.39, 0.29) is 17.2 Å². The number of ether oxygens (including phenoxy) is 1. The number of nitrogens with two attached hydrogens (primary N) is 1. The highest BCUT2D eigenvalue weighted by atomic mass is 16.5. The molecule has 1 heterocycles. The Hall–Kier alpha value is -2.63. The Kier molecular flexibility index (Phi) is 3.33. The second-order valence-electron chi connectivity index (χ2n) is 4.03. The van der Waals surface area contributed by atoms with Crippen molar-refractivity contribution < 1.29 is 9.53 Å². The molecule has 0 amide bonds. The summed E-state index contributed by atoms with van der Waals surface area (Å²) in [5.41, 5.74) is 6.49. The molecule has 0 atom stereocenters. The maximum Gasteiger partial charge on any atom is 0.346 e. The van der Waals surface area contributed by atoms with Crippen molar-refractivity contribution >= 4 is 11.6 Å².